The highest BCUT2D eigenvalue weighted by Crippen LogP contribution is 1.81. The van der Waals surface area contributed by atoms with Crippen molar-refractivity contribution in [3.8, 4) is 0 Å². The monoisotopic (exact) mass is 123 g/mol. The van der Waals surface area contributed by atoms with Crippen LogP contribution in [0.1, 0.15) is 10.4 Å². The second kappa shape index (κ2) is 2.35. The van der Waals surface area contributed by atoms with Crippen molar-refractivity contribution in [2.75, 3.05) is 0 Å². The SMILES string of the molecule is C[n+]1cncc(C=O)c1. The van der Waals surface area contributed by atoms with Gasteiger partial charge in [-0.05, 0) is 0 Å². The van der Waals surface area contributed by atoms with Crippen LogP contribution in [0.3, 0.4) is 0 Å². The summed E-state index contributed by atoms with van der Waals surface area (Å²) in [5.41, 5.74) is 0.597. The summed E-state index contributed by atoms with van der Waals surface area (Å²) < 4.78 is 1.73. The number of hydrogen-bond acceptors (Lipinski definition) is 2. The van der Waals surface area contributed by atoms with Gasteiger partial charge < -0.3 is 0 Å². The summed E-state index contributed by atoms with van der Waals surface area (Å²) >= 11 is 0. The van der Waals surface area contributed by atoms with Gasteiger partial charge in [-0.2, -0.15) is 0 Å². The molecule has 0 aliphatic rings. The van der Waals surface area contributed by atoms with E-state index in [0.717, 1.165) is 6.29 Å². The summed E-state index contributed by atoms with van der Waals surface area (Å²) in [6.45, 7) is 0. The normalized spacial score (nSPS) is 9.00. The van der Waals surface area contributed by atoms with Crippen molar-refractivity contribution in [2.24, 2.45) is 7.05 Å². The van der Waals surface area contributed by atoms with E-state index < -0.39 is 0 Å². The van der Waals surface area contributed by atoms with Gasteiger partial charge in [0.1, 0.15) is 6.20 Å². The first-order valence-electron chi connectivity index (χ1n) is 2.58. The predicted molar refractivity (Wildman–Crippen MR) is 30.8 cm³/mol. The number of aldehydes is 1. The van der Waals surface area contributed by atoms with Crippen molar-refractivity contribution < 1.29 is 9.36 Å². The van der Waals surface area contributed by atoms with Crippen LogP contribution in [0.4, 0.5) is 0 Å². The third kappa shape index (κ3) is 1.32. The molecule has 1 aromatic heterocycles. The standard InChI is InChI=1S/C6H7N2O/c1-8-3-6(4-9)2-7-5-8/h2-5H,1H3/q+1. The Morgan fingerprint density at radius 3 is 3.00 bits per heavy atom. The van der Waals surface area contributed by atoms with Crippen LogP contribution in [0, 0.1) is 0 Å². The number of carbonyl (C=O) groups is 1. The van der Waals surface area contributed by atoms with Crippen LogP contribution in [-0.4, -0.2) is 11.3 Å². The van der Waals surface area contributed by atoms with Gasteiger partial charge in [0.25, 0.3) is 6.33 Å². The van der Waals surface area contributed by atoms with E-state index in [1.165, 1.54) is 6.20 Å². The molecule has 0 atom stereocenters. The molecule has 0 aliphatic heterocycles. The molecule has 0 aliphatic carbocycles. The van der Waals surface area contributed by atoms with E-state index in [9.17, 15) is 4.79 Å². The topological polar surface area (TPSA) is 33.8 Å². The second-order valence-corrected chi connectivity index (χ2v) is 1.81. The van der Waals surface area contributed by atoms with Crippen LogP contribution < -0.4 is 4.57 Å². The Hall–Kier alpha value is -1.25. The molecule has 0 fully saturated rings. The Balaban J connectivity index is 3.07. The largest absolute Gasteiger partial charge is 0.298 e. The van der Waals surface area contributed by atoms with Gasteiger partial charge in [0.15, 0.2) is 12.5 Å². The molecule has 0 saturated carbocycles. The maximum atomic E-state index is 10.1. The third-order valence-corrected chi connectivity index (χ3v) is 0.961. The smallest absolute Gasteiger partial charge is 0.285 e. The van der Waals surface area contributed by atoms with Gasteiger partial charge in [0, 0.05) is 0 Å². The van der Waals surface area contributed by atoms with Crippen molar-refractivity contribution >= 4 is 6.29 Å². The fourth-order valence-corrected chi connectivity index (χ4v) is 0.587. The fourth-order valence-electron chi connectivity index (χ4n) is 0.587. The molecule has 3 nitrogen and oxygen atoms in total. The van der Waals surface area contributed by atoms with E-state index in [4.69, 9.17) is 0 Å². The third-order valence-electron chi connectivity index (χ3n) is 0.961. The van der Waals surface area contributed by atoms with E-state index in [1.54, 1.807) is 17.1 Å². The molecule has 0 bridgehead atoms. The molecule has 0 unspecified atom stereocenters. The molecule has 1 heterocycles. The zero-order valence-electron chi connectivity index (χ0n) is 5.11. The first kappa shape index (κ1) is 5.88. The van der Waals surface area contributed by atoms with E-state index in [2.05, 4.69) is 4.98 Å². The van der Waals surface area contributed by atoms with Gasteiger partial charge in [0.05, 0.1) is 12.6 Å². The highest BCUT2D eigenvalue weighted by Gasteiger charge is 1.94. The zero-order valence-corrected chi connectivity index (χ0v) is 5.11. The Labute approximate surface area is 53.0 Å². The highest BCUT2D eigenvalue weighted by atomic mass is 16.1. The molecular weight excluding hydrogens is 116 g/mol. The fraction of sp³-hybridized carbons (Fsp3) is 0.167. The molecule has 0 N–H and O–H groups in total. The van der Waals surface area contributed by atoms with Gasteiger partial charge in [0.2, 0.25) is 0 Å². The molecule has 1 rings (SSSR count). The Bertz CT molecular complexity index is 222. The van der Waals surface area contributed by atoms with E-state index in [-0.39, 0.29) is 0 Å². The van der Waals surface area contributed by atoms with Crippen LogP contribution in [0.5, 0.6) is 0 Å². The van der Waals surface area contributed by atoms with Crippen LogP contribution in [0.15, 0.2) is 18.7 Å². The number of nitrogens with zero attached hydrogens (tertiary/aromatic N) is 2. The van der Waals surface area contributed by atoms with Crippen molar-refractivity contribution in [1.29, 1.82) is 0 Å². The van der Waals surface area contributed by atoms with Gasteiger partial charge in [-0.3, -0.25) is 4.79 Å². The van der Waals surface area contributed by atoms with Crippen LogP contribution in [0.2, 0.25) is 0 Å². The first-order valence-corrected chi connectivity index (χ1v) is 2.58. The maximum absolute atomic E-state index is 10.1. The maximum Gasteiger partial charge on any atom is 0.285 e. The second-order valence-electron chi connectivity index (χ2n) is 1.81. The van der Waals surface area contributed by atoms with Gasteiger partial charge in [-0.15, -0.1) is 0 Å². The van der Waals surface area contributed by atoms with E-state index in [0.29, 0.717) is 5.56 Å². The predicted octanol–water partition coefficient (Wildman–Crippen LogP) is -0.281. The Morgan fingerprint density at radius 2 is 2.56 bits per heavy atom. The minimum atomic E-state index is 0.597. The lowest BCUT2D eigenvalue weighted by Crippen LogP contribution is -2.27. The zero-order chi connectivity index (χ0) is 6.69. The summed E-state index contributed by atoms with van der Waals surface area (Å²) in [7, 11) is 1.82. The van der Waals surface area contributed by atoms with Crippen LogP contribution in [0.25, 0.3) is 0 Å². The van der Waals surface area contributed by atoms with Crippen molar-refractivity contribution in [2.45, 2.75) is 0 Å². The number of hydrogen-bond donors (Lipinski definition) is 0. The van der Waals surface area contributed by atoms with E-state index in [1.807, 2.05) is 7.05 Å². The summed E-state index contributed by atoms with van der Waals surface area (Å²) in [4.78, 5) is 13.9. The summed E-state index contributed by atoms with van der Waals surface area (Å²) in [6, 6.07) is 0. The molecule has 1 aromatic rings. The molecular formula is C6H7N2O+. The lowest BCUT2D eigenvalue weighted by molar-refractivity contribution is -0.674. The lowest BCUT2D eigenvalue weighted by Gasteiger charge is -1.84. The number of rotatable bonds is 1. The number of aromatic nitrogens is 2. The van der Waals surface area contributed by atoms with Crippen LogP contribution >= 0.6 is 0 Å². The molecule has 0 radical (unpaired) electrons. The summed E-state index contributed by atoms with van der Waals surface area (Å²) in [6.07, 6.45) is 5.63. The first-order chi connectivity index (χ1) is 4.33. The summed E-state index contributed by atoms with van der Waals surface area (Å²) in [5.74, 6) is 0. The quantitative estimate of drug-likeness (QED) is 0.380. The highest BCUT2D eigenvalue weighted by molar-refractivity contribution is 5.72. The lowest BCUT2D eigenvalue weighted by atomic mass is 10.4. The molecule has 46 valence electrons. The summed E-state index contributed by atoms with van der Waals surface area (Å²) in [5, 5.41) is 0. The minimum Gasteiger partial charge on any atom is -0.298 e. The van der Waals surface area contributed by atoms with Crippen molar-refractivity contribution in [1.82, 2.24) is 4.98 Å². The number of aryl methyl sites for hydroxylation is 1. The Kier molecular flexibility index (Phi) is 1.53. The molecule has 9 heavy (non-hydrogen) atoms. The average Bonchev–Trinajstić information content (AvgIpc) is 1.88. The van der Waals surface area contributed by atoms with E-state index >= 15 is 0 Å². The minimum absolute atomic E-state index is 0.597. The van der Waals surface area contributed by atoms with Crippen molar-refractivity contribution in [3.05, 3.63) is 24.3 Å². The van der Waals surface area contributed by atoms with Gasteiger partial charge in [-0.1, -0.05) is 4.98 Å². The number of carbonyl (C=O) groups excluding carboxylic acids is 1. The van der Waals surface area contributed by atoms with Crippen molar-refractivity contribution in [3.63, 3.8) is 0 Å². The van der Waals surface area contributed by atoms with Crippen LogP contribution in [-0.2, 0) is 7.05 Å². The molecule has 0 amide bonds. The molecule has 0 spiro atoms. The molecule has 0 aromatic carbocycles. The molecule has 0 saturated heterocycles. The Morgan fingerprint density at radius 1 is 1.78 bits per heavy atom. The molecule has 3 heteroatoms. The van der Waals surface area contributed by atoms with Gasteiger partial charge in [-0.25, -0.2) is 4.57 Å². The average molecular weight is 123 g/mol. The van der Waals surface area contributed by atoms with Gasteiger partial charge >= 0.3 is 0 Å².